The van der Waals surface area contributed by atoms with Gasteiger partial charge in [0.05, 0.1) is 4.88 Å². The third-order valence-corrected chi connectivity index (χ3v) is 7.67. The third-order valence-electron chi connectivity index (χ3n) is 6.61. The lowest BCUT2D eigenvalue weighted by Gasteiger charge is -2.32. The fourth-order valence-corrected chi connectivity index (χ4v) is 5.43. The highest BCUT2D eigenvalue weighted by Crippen LogP contribution is 2.23. The predicted octanol–water partition coefficient (Wildman–Crippen LogP) is 3.68. The molecule has 4 rings (SSSR count). The second kappa shape index (κ2) is 12.6. The molecule has 0 radical (unpaired) electrons. The molecule has 1 atom stereocenters. The zero-order valence-corrected chi connectivity index (χ0v) is 21.0. The summed E-state index contributed by atoms with van der Waals surface area (Å²) in [5.41, 5.74) is 1.33. The summed E-state index contributed by atoms with van der Waals surface area (Å²) in [6.07, 6.45) is 4.87. The third kappa shape index (κ3) is 7.35. The number of carbonyl (C=O) groups is 3. The molecule has 36 heavy (non-hydrogen) atoms. The normalized spacial score (nSPS) is 15.4. The van der Waals surface area contributed by atoms with Gasteiger partial charge in [-0.05, 0) is 62.4 Å². The first-order chi connectivity index (χ1) is 17.5. The van der Waals surface area contributed by atoms with Crippen LogP contribution < -0.4 is 10.6 Å². The topological polar surface area (TPSA) is 112 Å². The van der Waals surface area contributed by atoms with E-state index in [2.05, 4.69) is 44.8 Å². The van der Waals surface area contributed by atoms with E-state index >= 15 is 0 Å². The quantitative estimate of drug-likeness (QED) is 0.364. The van der Waals surface area contributed by atoms with Crippen LogP contribution in [-0.4, -0.2) is 58.5 Å². The Morgan fingerprint density at radius 1 is 1.11 bits per heavy atom. The number of piperidine rings is 1. The van der Waals surface area contributed by atoms with Crippen LogP contribution in [-0.2, 0) is 16.1 Å². The molecule has 2 aromatic heterocycles. The standard InChI is InChI=1S/C27H32N4O4S/c32-24(28-14-10-19-11-15-31(16-12-19)18-20-5-2-1-3-6-20)9-8-22(27(34)35)30-25(33)23-17-21-7-4-13-29-26(21)36-23/h1-7,13,17,19,22H,8-12,14-16,18H2,(H,28,32)(H,30,33)(H,34,35). The van der Waals surface area contributed by atoms with Gasteiger partial charge in [0, 0.05) is 31.1 Å². The average Bonchev–Trinajstić information content (AvgIpc) is 3.32. The van der Waals surface area contributed by atoms with Gasteiger partial charge in [-0.15, -0.1) is 11.3 Å². The number of nitrogens with one attached hydrogen (secondary N) is 2. The van der Waals surface area contributed by atoms with Crippen molar-refractivity contribution < 1.29 is 19.5 Å². The Hall–Kier alpha value is -3.30. The van der Waals surface area contributed by atoms with Crippen LogP contribution in [0.3, 0.4) is 0 Å². The first kappa shape index (κ1) is 25.8. The van der Waals surface area contributed by atoms with E-state index in [9.17, 15) is 19.5 Å². The molecule has 1 fully saturated rings. The van der Waals surface area contributed by atoms with Crippen molar-refractivity contribution in [2.24, 2.45) is 5.92 Å². The van der Waals surface area contributed by atoms with Crippen molar-refractivity contribution >= 4 is 39.3 Å². The van der Waals surface area contributed by atoms with Crippen molar-refractivity contribution in [2.45, 2.75) is 44.7 Å². The second-order valence-corrected chi connectivity index (χ2v) is 10.3. The molecule has 8 nitrogen and oxygen atoms in total. The molecule has 3 aromatic rings. The minimum absolute atomic E-state index is 0.0356. The van der Waals surface area contributed by atoms with Gasteiger partial charge in [-0.3, -0.25) is 14.5 Å². The van der Waals surface area contributed by atoms with Crippen LogP contribution in [0.15, 0.2) is 54.7 Å². The van der Waals surface area contributed by atoms with Crippen LogP contribution >= 0.6 is 11.3 Å². The Labute approximate surface area is 214 Å². The number of aliphatic carboxylic acids is 1. The van der Waals surface area contributed by atoms with Gasteiger partial charge in [-0.2, -0.15) is 0 Å². The smallest absolute Gasteiger partial charge is 0.326 e. The summed E-state index contributed by atoms with van der Waals surface area (Å²) in [5, 5.41) is 15.8. The Morgan fingerprint density at radius 2 is 1.89 bits per heavy atom. The van der Waals surface area contributed by atoms with Gasteiger partial charge in [-0.25, -0.2) is 9.78 Å². The minimum atomic E-state index is -1.15. The van der Waals surface area contributed by atoms with E-state index in [0.29, 0.717) is 17.3 Å². The number of carbonyl (C=O) groups excluding carboxylic acids is 2. The van der Waals surface area contributed by atoms with Crippen LogP contribution in [0.4, 0.5) is 0 Å². The number of thiophene rings is 1. The number of likely N-dealkylation sites (tertiary alicyclic amines) is 1. The molecule has 1 aromatic carbocycles. The second-order valence-electron chi connectivity index (χ2n) is 9.26. The minimum Gasteiger partial charge on any atom is -0.480 e. The van der Waals surface area contributed by atoms with Crippen molar-refractivity contribution in [3.63, 3.8) is 0 Å². The first-order valence-corrected chi connectivity index (χ1v) is 13.2. The molecule has 1 aliphatic heterocycles. The molecule has 3 N–H and O–H groups in total. The highest BCUT2D eigenvalue weighted by molar-refractivity contribution is 7.20. The largest absolute Gasteiger partial charge is 0.480 e. The van der Waals surface area contributed by atoms with Crippen LogP contribution in [0, 0.1) is 5.92 Å². The molecule has 9 heteroatoms. The number of nitrogens with zero attached hydrogens (tertiary/aromatic N) is 2. The predicted molar refractivity (Wildman–Crippen MR) is 140 cm³/mol. The molecule has 190 valence electrons. The van der Waals surface area contributed by atoms with E-state index in [0.717, 1.165) is 49.1 Å². The van der Waals surface area contributed by atoms with Crippen molar-refractivity contribution in [1.29, 1.82) is 0 Å². The molecular formula is C27H32N4O4S. The molecule has 1 aliphatic rings. The van der Waals surface area contributed by atoms with Crippen LogP contribution in [0.25, 0.3) is 10.2 Å². The van der Waals surface area contributed by atoms with Crippen molar-refractivity contribution in [2.75, 3.05) is 19.6 Å². The zero-order valence-electron chi connectivity index (χ0n) is 20.2. The number of hydrogen-bond donors (Lipinski definition) is 3. The molecule has 1 unspecified atom stereocenters. The molecule has 3 heterocycles. The molecule has 0 bridgehead atoms. The summed E-state index contributed by atoms with van der Waals surface area (Å²) in [6, 6.07) is 14.7. The lowest BCUT2D eigenvalue weighted by atomic mass is 9.93. The Balaban J connectivity index is 1.14. The summed E-state index contributed by atoms with van der Waals surface area (Å²) < 4.78 is 0. The number of pyridine rings is 1. The molecule has 0 spiro atoms. The highest BCUT2D eigenvalue weighted by atomic mass is 32.1. The maximum absolute atomic E-state index is 12.6. The Bertz CT molecular complexity index is 1140. The van der Waals surface area contributed by atoms with Crippen LogP contribution in [0.1, 0.15) is 47.3 Å². The van der Waals surface area contributed by atoms with E-state index in [4.69, 9.17) is 0 Å². The van der Waals surface area contributed by atoms with E-state index in [1.807, 2.05) is 12.1 Å². The van der Waals surface area contributed by atoms with Crippen molar-refractivity contribution in [3.8, 4) is 0 Å². The molecule has 2 amide bonds. The highest BCUT2D eigenvalue weighted by Gasteiger charge is 2.23. The van der Waals surface area contributed by atoms with E-state index in [1.165, 1.54) is 16.9 Å². The lowest BCUT2D eigenvalue weighted by Crippen LogP contribution is -2.41. The number of carboxylic acid groups (broad SMARTS) is 1. The Kier molecular flexibility index (Phi) is 9.02. The molecule has 1 saturated heterocycles. The number of carboxylic acids is 1. The first-order valence-electron chi connectivity index (χ1n) is 12.4. The summed E-state index contributed by atoms with van der Waals surface area (Å²) >= 11 is 1.21. The van der Waals surface area contributed by atoms with E-state index in [-0.39, 0.29) is 18.7 Å². The average molecular weight is 509 g/mol. The Morgan fingerprint density at radius 3 is 2.61 bits per heavy atom. The number of hydrogen-bond acceptors (Lipinski definition) is 6. The van der Waals surface area contributed by atoms with Gasteiger partial charge in [0.1, 0.15) is 10.9 Å². The fraction of sp³-hybridized carbons (Fsp3) is 0.407. The lowest BCUT2D eigenvalue weighted by molar-refractivity contribution is -0.139. The summed E-state index contributed by atoms with van der Waals surface area (Å²) in [7, 11) is 0. The van der Waals surface area contributed by atoms with E-state index < -0.39 is 17.9 Å². The van der Waals surface area contributed by atoms with Crippen molar-refractivity contribution in [3.05, 3.63) is 65.2 Å². The van der Waals surface area contributed by atoms with Crippen LogP contribution in [0.5, 0.6) is 0 Å². The molecule has 0 saturated carbocycles. The van der Waals surface area contributed by atoms with E-state index in [1.54, 1.807) is 18.3 Å². The summed E-state index contributed by atoms with van der Waals surface area (Å²) in [4.78, 5) is 44.3. The number of aromatic nitrogens is 1. The maximum Gasteiger partial charge on any atom is 0.326 e. The molecule has 0 aliphatic carbocycles. The SMILES string of the molecule is O=C(CCC(NC(=O)c1cc2cccnc2s1)C(=O)O)NCCC1CCN(Cc2ccccc2)CC1. The summed E-state index contributed by atoms with van der Waals surface area (Å²) in [5.74, 6) is -1.23. The van der Waals surface area contributed by atoms with Crippen molar-refractivity contribution in [1.82, 2.24) is 20.5 Å². The fourth-order valence-electron chi connectivity index (χ4n) is 4.53. The number of amides is 2. The van der Waals surface area contributed by atoms with Gasteiger partial charge in [0.25, 0.3) is 5.91 Å². The molecular weight excluding hydrogens is 476 g/mol. The van der Waals surface area contributed by atoms with Gasteiger partial charge in [0.15, 0.2) is 0 Å². The maximum atomic E-state index is 12.6. The van der Waals surface area contributed by atoms with Gasteiger partial charge in [-0.1, -0.05) is 36.4 Å². The summed E-state index contributed by atoms with van der Waals surface area (Å²) in [6.45, 7) is 3.68. The number of rotatable bonds is 11. The monoisotopic (exact) mass is 508 g/mol. The van der Waals surface area contributed by atoms with Gasteiger partial charge >= 0.3 is 5.97 Å². The zero-order chi connectivity index (χ0) is 25.3. The van der Waals surface area contributed by atoms with Crippen LogP contribution in [0.2, 0.25) is 0 Å². The number of benzene rings is 1. The van der Waals surface area contributed by atoms with Gasteiger partial charge < -0.3 is 15.7 Å². The number of fused-ring (bicyclic) bond motifs is 1. The van der Waals surface area contributed by atoms with Gasteiger partial charge in [0.2, 0.25) is 5.91 Å².